The summed E-state index contributed by atoms with van der Waals surface area (Å²) in [7, 11) is 0. The van der Waals surface area contributed by atoms with E-state index in [1.165, 1.54) is 0 Å². The molecule has 2 nitrogen and oxygen atoms in total. The van der Waals surface area contributed by atoms with Crippen LogP contribution >= 0.6 is 0 Å². The molecule has 0 fully saturated rings. The third-order valence-electron chi connectivity index (χ3n) is 1.30. The molecule has 0 amide bonds. The summed E-state index contributed by atoms with van der Waals surface area (Å²) in [5.41, 5.74) is 0. The van der Waals surface area contributed by atoms with Crippen molar-refractivity contribution in [2.24, 2.45) is 0 Å². The Morgan fingerprint density at radius 3 is 2.30 bits per heavy atom. The first kappa shape index (κ1) is 9.66. The van der Waals surface area contributed by atoms with E-state index in [1.807, 2.05) is 6.08 Å². The van der Waals surface area contributed by atoms with Crippen molar-refractivity contribution in [3.8, 4) is 0 Å². The van der Waals surface area contributed by atoms with Crippen molar-refractivity contribution in [1.29, 1.82) is 0 Å². The Balaban J connectivity index is 2.83. The van der Waals surface area contributed by atoms with Crippen molar-refractivity contribution in [2.75, 3.05) is 13.2 Å². The average molecular weight is 144 g/mol. The minimum absolute atomic E-state index is 0.139. The quantitative estimate of drug-likeness (QED) is 0.432. The topological polar surface area (TPSA) is 40.5 Å². The lowest BCUT2D eigenvalue weighted by molar-refractivity contribution is 0.283. The van der Waals surface area contributed by atoms with Gasteiger partial charge in [-0.3, -0.25) is 0 Å². The van der Waals surface area contributed by atoms with Gasteiger partial charge < -0.3 is 10.2 Å². The molecule has 0 spiro atoms. The van der Waals surface area contributed by atoms with Crippen LogP contribution in [0.25, 0.3) is 0 Å². The molecule has 0 saturated carbocycles. The predicted octanol–water partition coefficient (Wildman–Crippen LogP) is 1.09. The molecular weight excluding hydrogens is 128 g/mol. The van der Waals surface area contributed by atoms with Gasteiger partial charge in [-0.1, -0.05) is 18.6 Å². The molecule has 2 N–H and O–H groups in total. The molecule has 0 aliphatic heterocycles. The van der Waals surface area contributed by atoms with Crippen LogP contribution in [-0.2, 0) is 0 Å². The molecular formula is C8H16O2. The van der Waals surface area contributed by atoms with Crippen LogP contribution < -0.4 is 0 Å². The number of hydrogen-bond donors (Lipinski definition) is 2. The van der Waals surface area contributed by atoms with Gasteiger partial charge in [-0.2, -0.15) is 0 Å². The first-order chi connectivity index (χ1) is 4.91. The van der Waals surface area contributed by atoms with Gasteiger partial charge in [0.05, 0.1) is 6.61 Å². The molecule has 0 aromatic carbocycles. The van der Waals surface area contributed by atoms with Crippen LogP contribution in [0.3, 0.4) is 0 Å². The highest BCUT2D eigenvalue weighted by Crippen LogP contribution is 1.99. The van der Waals surface area contributed by atoms with Crippen LogP contribution in [-0.4, -0.2) is 23.4 Å². The van der Waals surface area contributed by atoms with Gasteiger partial charge in [0.25, 0.3) is 0 Å². The van der Waals surface area contributed by atoms with Crippen molar-refractivity contribution >= 4 is 0 Å². The molecule has 0 bridgehead atoms. The maximum absolute atomic E-state index is 8.41. The van der Waals surface area contributed by atoms with Gasteiger partial charge in [-0.15, -0.1) is 0 Å². The second-order valence-corrected chi connectivity index (χ2v) is 2.23. The molecule has 0 saturated heterocycles. The third kappa shape index (κ3) is 7.66. The van der Waals surface area contributed by atoms with E-state index >= 15 is 0 Å². The molecule has 0 atom stereocenters. The molecule has 0 rings (SSSR count). The summed E-state index contributed by atoms with van der Waals surface area (Å²) in [6.45, 7) is 0.434. The van der Waals surface area contributed by atoms with Crippen LogP contribution in [0.2, 0.25) is 0 Å². The fourth-order valence-corrected chi connectivity index (χ4v) is 0.743. The minimum Gasteiger partial charge on any atom is -0.396 e. The van der Waals surface area contributed by atoms with Gasteiger partial charge >= 0.3 is 0 Å². The fourth-order valence-electron chi connectivity index (χ4n) is 0.743. The van der Waals surface area contributed by atoms with Crippen LogP contribution in [0, 0.1) is 0 Å². The molecule has 0 radical (unpaired) electrons. The second kappa shape index (κ2) is 8.66. The zero-order valence-electron chi connectivity index (χ0n) is 6.29. The Morgan fingerprint density at radius 1 is 0.900 bits per heavy atom. The zero-order valence-corrected chi connectivity index (χ0v) is 6.29. The maximum atomic E-state index is 8.41. The van der Waals surface area contributed by atoms with Crippen molar-refractivity contribution in [2.45, 2.75) is 25.7 Å². The third-order valence-corrected chi connectivity index (χ3v) is 1.30. The number of rotatable bonds is 6. The van der Waals surface area contributed by atoms with Crippen molar-refractivity contribution < 1.29 is 10.2 Å². The average Bonchev–Trinajstić information content (AvgIpc) is 1.97. The van der Waals surface area contributed by atoms with Crippen molar-refractivity contribution in [3.05, 3.63) is 12.2 Å². The van der Waals surface area contributed by atoms with E-state index in [0.29, 0.717) is 6.61 Å². The lowest BCUT2D eigenvalue weighted by atomic mass is 10.2. The lowest BCUT2D eigenvalue weighted by Crippen LogP contribution is -1.81. The first-order valence-corrected chi connectivity index (χ1v) is 3.78. The Morgan fingerprint density at radius 2 is 1.70 bits per heavy atom. The highest BCUT2D eigenvalue weighted by atomic mass is 16.3. The molecule has 2 heteroatoms. The molecule has 10 heavy (non-hydrogen) atoms. The van der Waals surface area contributed by atoms with E-state index in [-0.39, 0.29) is 6.61 Å². The summed E-state index contributed by atoms with van der Waals surface area (Å²) in [4.78, 5) is 0. The number of allylic oxidation sites excluding steroid dienone is 1. The van der Waals surface area contributed by atoms with Crippen molar-refractivity contribution in [3.63, 3.8) is 0 Å². The minimum atomic E-state index is 0.139. The molecule has 0 unspecified atom stereocenters. The van der Waals surface area contributed by atoms with Gasteiger partial charge in [-0.25, -0.2) is 0 Å². The summed E-state index contributed by atoms with van der Waals surface area (Å²) >= 11 is 0. The van der Waals surface area contributed by atoms with E-state index in [0.717, 1.165) is 25.7 Å². The molecule has 0 aliphatic carbocycles. The standard InChI is InChI=1S/C8H16O2/c9-7-5-3-1-2-4-6-8-10/h3,5,9-10H,1-2,4,6-8H2. The Hall–Kier alpha value is -0.340. The SMILES string of the molecule is OCC=CCCCCCO. The summed E-state index contributed by atoms with van der Waals surface area (Å²) < 4.78 is 0. The number of aliphatic hydroxyl groups excluding tert-OH is 2. The summed E-state index contributed by atoms with van der Waals surface area (Å²) in [6, 6.07) is 0. The predicted molar refractivity (Wildman–Crippen MR) is 41.8 cm³/mol. The molecule has 0 aliphatic rings. The molecule has 60 valence electrons. The summed E-state index contributed by atoms with van der Waals surface area (Å²) in [6.07, 6.45) is 7.81. The van der Waals surface area contributed by atoms with Gasteiger partial charge in [0.1, 0.15) is 0 Å². The van der Waals surface area contributed by atoms with E-state index < -0.39 is 0 Å². The monoisotopic (exact) mass is 144 g/mol. The number of hydrogen-bond acceptors (Lipinski definition) is 2. The van der Waals surface area contributed by atoms with Crippen LogP contribution in [0.5, 0.6) is 0 Å². The molecule has 0 heterocycles. The van der Waals surface area contributed by atoms with Crippen molar-refractivity contribution in [1.82, 2.24) is 0 Å². The van der Waals surface area contributed by atoms with Crippen LogP contribution in [0.15, 0.2) is 12.2 Å². The van der Waals surface area contributed by atoms with Crippen LogP contribution in [0.1, 0.15) is 25.7 Å². The summed E-state index contributed by atoms with van der Waals surface area (Å²) in [5, 5.41) is 16.8. The Kier molecular flexibility index (Phi) is 8.37. The van der Waals surface area contributed by atoms with Gasteiger partial charge in [-0.05, 0) is 19.3 Å². The van der Waals surface area contributed by atoms with E-state index in [2.05, 4.69) is 0 Å². The van der Waals surface area contributed by atoms with E-state index in [1.54, 1.807) is 6.08 Å². The highest BCUT2D eigenvalue weighted by Gasteiger charge is 1.83. The fraction of sp³-hybridized carbons (Fsp3) is 0.750. The van der Waals surface area contributed by atoms with Gasteiger partial charge in [0.15, 0.2) is 0 Å². The van der Waals surface area contributed by atoms with Gasteiger partial charge in [0.2, 0.25) is 0 Å². The first-order valence-electron chi connectivity index (χ1n) is 3.78. The molecule has 0 aromatic heterocycles. The summed E-state index contributed by atoms with van der Waals surface area (Å²) in [5.74, 6) is 0. The van der Waals surface area contributed by atoms with Crippen LogP contribution in [0.4, 0.5) is 0 Å². The smallest absolute Gasteiger partial charge is 0.0612 e. The Labute approximate surface area is 62.2 Å². The Bertz CT molecular complexity index is 79.3. The zero-order chi connectivity index (χ0) is 7.66. The largest absolute Gasteiger partial charge is 0.396 e. The second-order valence-electron chi connectivity index (χ2n) is 2.23. The highest BCUT2D eigenvalue weighted by molar-refractivity contribution is 4.80. The van der Waals surface area contributed by atoms with Gasteiger partial charge in [0, 0.05) is 6.61 Å². The lowest BCUT2D eigenvalue weighted by Gasteiger charge is -1.92. The van der Waals surface area contributed by atoms with E-state index in [4.69, 9.17) is 10.2 Å². The molecule has 0 aromatic rings. The number of unbranched alkanes of at least 4 members (excludes halogenated alkanes) is 3. The normalized spacial score (nSPS) is 11.0. The number of aliphatic hydroxyl groups is 2. The van der Waals surface area contributed by atoms with E-state index in [9.17, 15) is 0 Å². The maximum Gasteiger partial charge on any atom is 0.0612 e.